The second-order valence-electron chi connectivity index (χ2n) is 6.45. The molecule has 2 saturated carbocycles. The van der Waals surface area contributed by atoms with Gasteiger partial charge in [-0.3, -0.25) is 4.90 Å². The van der Waals surface area contributed by atoms with Crippen LogP contribution in [-0.4, -0.2) is 53.0 Å². The van der Waals surface area contributed by atoms with E-state index in [-0.39, 0.29) is 0 Å². The quantitative estimate of drug-likeness (QED) is 0.666. The lowest BCUT2D eigenvalue weighted by Gasteiger charge is -2.41. The van der Waals surface area contributed by atoms with Crippen LogP contribution in [0.3, 0.4) is 0 Å². The standard InChI is InChI=1S/C16H22N4O/c21-18-15-12-4-5-13(11-12)16(15)20-9-7-19(8-10-20)14-3-1-2-6-17-14/h1-3,6,12-13,16,21H,4-5,7-11H2/b18-15-/t12-,13-,16-/m0/s1. The summed E-state index contributed by atoms with van der Waals surface area (Å²) >= 11 is 0. The van der Waals surface area contributed by atoms with Crippen molar-refractivity contribution < 1.29 is 5.21 Å². The molecule has 0 aromatic carbocycles. The van der Waals surface area contributed by atoms with Crippen LogP contribution < -0.4 is 4.90 Å². The van der Waals surface area contributed by atoms with E-state index in [1.165, 1.54) is 19.3 Å². The van der Waals surface area contributed by atoms with Crippen LogP contribution in [0.15, 0.2) is 29.6 Å². The lowest BCUT2D eigenvalue weighted by Crippen LogP contribution is -2.54. The van der Waals surface area contributed by atoms with E-state index >= 15 is 0 Å². The topological polar surface area (TPSA) is 52.0 Å². The Morgan fingerprint density at radius 3 is 2.71 bits per heavy atom. The van der Waals surface area contributed by atoms with Gasteiger partial charge < -0.3 is 10.1 Å². The maximum Gasteiger partial charge on any atom is 0.128 e. The maximum absolute atomic E-state index is 9.36. The highest BCUT2D eigenvalue weighted by Gasteiger charge is 2.48. The van der Waals surface area contributed by atoms with Crippen molar-refractivity contribution in [1.29, 1.82) is 0 Å². The smallest absolute Gasteiger partial charge is 0.128 e. The molecule has 0 spiro atoms. The molecule has 4 rings (SSSR count). The molecule has 5 nitrogen and oxygen atoms in total. The SMILES string of the molecule is O/N=C1/[C@H]2CC[C@@H](C2)[C@@H]1N1CCN(c2ccccn2)CC1. The van der Waals surface area contributed by atoms with E-state index in [2.05, 4.69) is 26.0 Å². The van der Waals surface area contributed by atoms with Crippen molar-refractivity contribution in [2.24, 2.45) is 17.0 Å². The molecule has 1 aromatic rings. The Labute approximate surface area is 125 Å². The van der Waals surface area contributed by atoms with Gasteiger partial charge in [0.15, 0.2) is 0 Å². The van der Waals surface area contributed by atoms with Gasteiger partial charge in [0.05, 0.1) is 11.8 Å². The summed E-state index contributed by atoms with van der Waals surface area (Å²) in [6, 6.07) is 6.47. The van der Waals surface area contributed by atoms with E-state index in [1.807, 2.05) is 18.3 Å². The number of piperazine rings is 1. The average molecular weight is 286 g/mol. The number of anilines is 1. The Balaban J connectivity index is 1.44. The van der Waals surface area contributed by atoms with Gasteiger partial charge in [-0.15, -0.1) is 0 Å². The van der Waals surface area contributed by atoms with Crippen LogP contribution in [0, 0.1) is 11.8 Å². The van der Waals surface area contributed by atoms with Crippen molar-refractivity contribution in [3.05, 3.63) is 24.4 Å². The van der Waals surface area contributed by atoms with Gasteiger partial charge in [0.2, 0.25) is 0 Å². The molecule has 112 valence electrons. The molecule has 21 heavy (non-hydrogen) atoms. The number of hydrogen-bond acceptors (Lipinski definition) is 5. The summed E-state index contributed by atoms with van der Waals surface area (Å²) in [7, 11) is 0. The number of fused-ring (bicyclic) bond motifs is 2. The molecule has 2 heterocycles. The third-order valence-corrected chi connectivity index (χ3v) is 5.44. The summed E-state index contributed by atoms with van der Waals surface area (Å²) in [4.78, 5) is 9.31. The zero-order valence-electron chi connectivity index (χ0n) is 12.2. The van der Waals surface area contributed by atoms with E-state index in [1.54, 1.807) is 0 Å². The molecule has 3 fully saturated rings. The first-order valence-electron chi connectivity index (χ1n) is 7.98. The Morgan fingerprint density at radius 1 is 1.14 bits per heavy atom. The first kappa shape index (κ1) is 13.1. The fraction of sp³-hybridized carbons (Fsp3) is 0.625. The van der Waals surface area contributed by atoms with Gasteiger partial charge in [-0.2, -0.15) is 0 Å². The average Bonchev–Trinajstić information content (AvgIpc) is 3.16. The zero-order valence-corrected chi connectivity index (χ0v) is 12.2. The number of nitrogens with zero attached hydrogens (tertiary/aromatic N) is 4. The van der Waals surface area contributed by atoms with Crippen molar-refractivity contribution >= 4 is 11.5 Å². The van der Waals surface area contributed by atoms with Gasteiger partial charge in [-0.25, -0.2) is 4.98 Å². The maximum atomic E-state index is 9.36. The number of aromatic nitrogens is 1. The molecule has 5 heteroatoms. The van der Waals surface area contributed by atoms with Gasteiger partial charge in [0.25, 0.3) is 0 Å². The molecular formula is C16H22N4O. The molecule has 0 radical (unpaired) electrons. The molecule has 0 amide bonds. The van der Waals surface area contributed by atoms with Crippen LogP contribution in [-0.2, 0) is 0 Å². The predicted octanol–water partition coefficient (Wildman–Crippen LogP) is 1.83. The summed E-state index contributed by atoms with van der Waals surface area (Å²) < 4.78 is 0. The molecule has 1 saturated heterocycles. The highest BCUT2D eigenvalue weighted by atomic mass is 16.4. The van der Waals surface area contributed by atoms with Crippen LogP contribution in [0.25, 0.3) is 0 Å². The summed E-state index contributed by atoms with van der Waals surface area (Å²) in [5.41, 5.74) is 1.05. The Kier molecular flexibility index (Phi) is 3.30. The van der Waals surface area contributed by atoms with E-state index in [9.17, 15) is 5.21 Å². The second-order valence-corrected chi connectivity index (χ2v) is 6.45. The molecule has 1 aromatic heterocycles. The van der Waals surface area contributed by atoms with E-state index in [4.69, 9.17) is 0 Å². The Bertz CT molecular complexity index is 524. The number of hydrogen-bond donors (Lipinski definition) is 1. The van der Waals surface area contributed by atoms with Crippen LogP contribution >= 0.6 is 0 Å². The minimum atomic E-state index is 0.389. The molecule has 3 atom stereocenters. The fourth-order valence-electron chi connectivity index (χ4n) is 4.45. The van der Waals surface area contributed by atoms with Gasteiger partial charge in [0, 0.05) is 38.3 Å². The number of oxime groups is 1. The van der Waals surface area contributed by atoms with Crippen molar-refractivity contribution in [1.82, 2.24) is 9.88 Å². The highest BCUT2D eigenvalue weighted by molar-refractivity contribution is 5.94. The van der Waals surface area contributed by atoms with Gasteiger partial charge >= 0.3 is 0 Å². The largest absolute Gasteiger partial charge is 0.411 e. The van der Waals surface area contributed by atoms with Gasteiger partial charge in [-0.1, -0.05) is 11.2 Å². The van der Waals surface area contributed by atoms with Crippen LogP contribution in [0.2, 0.25) is 0 Å². The number of pyridine rings is 1. The fourth-order valence-corrected chi connectivity index (χ4v) is 4.45. The first-order chi connectivity index (χ1) is 10.4. The molecule has 0 unspecified atom stereocenters. The van der Waals surface area contributed by atoms with Gasteiger partial charge in [0.1, 0.15) is 5.82 Å². The Morgan fingerprint density at radius 2 is 2.00 bits per heavy atom. The molecule has 2 bridgehead atoms. The second kappa shape index (κ2) is 5.30. The summed E-state index contributed by atoms with van der Waals surface area (Å²) in [5.74, 6) is 2.32. The highest BCUT2D eigenvalue weighted by Crippen LogP contribution is 2.45. The van der Waals surface area contributed by atoms with Crippen molar-refractivity contribution in [3.63, 3.8) is 0 Å². The summed E-state index contributed by atoms with van der Waals surface area (Å²) in [6.07, 6.45) is 5.60. The predicted molar refractivity (Wildman–Crippen MR) is 81.9 cm³/mol. The minimum Gasteiger partial charge on any atom is -0.411 e. The third kappa shape index (κ3) is 2.20. The molecular weight excluding hydrogens is 264 g/mol. The van der Waals surface area contributed by atoms with Crippen molar-refractivity contribution in [2.75, 3.05) is 31.1 Å². The van der Waals surface area contributed by atoms with Crippen LogP contribution in [0.5, 0.6) is 0 Å². The first-order valence-corrected chi connectivity index (χ1v) is 7.98. The Hall–Kier alpha value is -1.62. The van der Waals surface area contributed by atoms with Crippen LogP contribution in [0.1, 0.15) is 19.3 Å². The summed E-state index contributed by atoms with van der Waals surface area (Å²) in [5, 5.41) is 13.0. The molecule has 1 aliphatic heterocycles. The lowest BCUT2D eigenvalue weighted by atomic mass is 9.91. The summed E-state index contributed by atoms with van der Waals surface area (Å²) in [6.45, 7) is 4.07. The van der Waals surface area contributed by atoms with Crippen molar-refractivity contribution in [2.45, 2.75) is 25.3 Å². The monoisotopic (exact) mass is 286 g/mol. The third-order valence-electron chi connectivity index (χ3n) is 5.44. The molecule has 2 aliphatic carbocycles. The van der Waals surface area contributed by atoms with Gasteiger partial charge in [-0.05, 0) is 37.3 Å². The molecule has 3 aliphatic rings. The number of rotatable bonds is 2. The van der Waals surface area contributed by atoms with Crippen LogP contribution in [0.4, 0.5) is 5.82 Å². The van der Waals surface area contributed by atoms with Crippen molar-refractivity contribution in [3.8, 4) is 0 Å². The lowest BCUT2D eigenvalue weighted by molar-refractivity contribution is 0.181. The van der Waals surface area contributed by atoms with E-state index in [0.29, 0.717) is 17.9 Å². The zero-order chi connectivity index (χ0) is 14.2. The normalized spacial score (nSPS) is 34.8. The van der Waals surface area contributed by atoms with E-state index in [0.717, 1.165) is 37.7 Å². The minimum absolute atomic E-state index is 0.389. The van der Waals surface area contributed by atoms with E-state index < -0.39 is 0 Å². The molecule has 1 N–H and O–H groups in total.